The number of amides is 1. The predicted octanol–water partition coefficient (Wildman–Crippen LogP) is 2.51. The van der Waals surface area contributed by atoms with Crippen LogP contribution in [0.1, 0.15) is 16.2 Å². The number of aromatic nitrogens is 2. The summed E-state index contributed by atoms with van der Waals surface area (Å²) >= 11 is 3.39. The number of hydrogen-bond donors (Lipinski definition) is 1. The first kappa shape index (κ1) is 13.9. The molecule has 2 heterocycles. The smallest absolute Gasteiger partial charge is 0.275 e. The summed E-state index contributed by atoms with van der Waals surface area (Å²) in [5.74, 6) is 1.10. The number of aryl methyl sites for hydroxylation is 2. The van der Waals surface area contributed by atoms with Crippen LogP contribution in [0.15, 0.2) is 22.7 Å². The number of ether oxygens (including phenoxy) is 2. The Morgan fingerprint density at radius 3 is 2.71 bits per heavy atom. The van der Waals surface area contributed by atoms with Crippen molar-refractivity contribution < 1.29 is 14.3 Å². The molecule has 0 unspecified atom stereocenters. The SMILES string of the molecule is Cc1nn(C)c(C(=O)Nc2ccc3c(c2)OCCO3)c1Br. The lowest BCUT2D eigenvalue weighted by Crippen LogP contribution is -2.18. The van der Waals surface area contributed by atoms with Crippen LogP contribution in [0.2, 0.25) is 0 Å². The quantitative estimate of drug-likeness (QED) is 0.902. The Kier molecular flexibility index (Phi) is 3.59. The van der Waals surface area contributed by atoms with Gasteiger partial charge in [0.1, 0.15) is 18.9 Å². The maximum absolute atomic E-state index is 12.4. The molecule has 0 bridgehead atoms. The molecule has 1 aliphatic rings. The van der Waals surface area contributed by atoms with Crippen molar-refractivity contribution in [3.8, 4) is 11.5 Å². The van der Waals surface area contributed by atoms with E-state index < -0.39 is 0 Å². The number of halogens is 1. The molecule has 1 aromatic carbocycles. The maximum atomic E-state index is 12.4. The fourth-order valence-electron chi connectivity index (χ4n) is 2.19. The van der Waals surface area contributed by atoms with E-state index in [1.807, 2.05) is 6.92 Å². The van der Waals surface area contributed by atoms with Crippen LogP contribution in [-0.4, -0.2) is 28.9 Å². The summed E-state index contributed by atoms with van der Waals surface area (Å²) in [7, 11) is 1.73. The topological polar surface area (TPSA) is 65.4 Å². The second-order valence-corrected chi connectivity index (χ2v) is 5.48. The van der Waals surface area contributed by atoms with Gasteiger partial charge in [0.2, 0.25) is 0 Å². The van der Waals surface area contributed by atoms with Gasteiger partial charge >= 0.3 is 0 Å². The molecule has 0 aliphatic carbocycles. The number of benzene rings is 1. The molecule has 0 radical (unpaired) electrons. The largest absolute Gasteiger partial charge is 0.486 e. The number of anilines is 1. The summed E-state index contributed by atoms with van der Waals surface area (Å²) < 4.78 is 13.2. The molecule has 0 fully saturated rings. The molecule has 1 N–H and O–H groups in total. The molecule has 7 heteroatoms. The molecule has 0 saturated heterocycles. The normalized spacial score (nSPS) is 13.1. The van der Waals surface area contributed by atoms with Gasteiger partial charge in [-0.25, -0.2) is 0 Å². The van der Waals surface area contributed by atoms with Crippen molar-refractivity contribution in [3.63, 3.8) is 0 Å². The molecule has 6 nitrogen and oxygen atoms in total. The van der Waals surface area contributed by atoms with Crippen molar-refractivity contribution in [3.05, 3.63) is 34.1 Å². The van der Waals surface area contributed by atoms with E-state index in [9.17, 15) is 4.79 Å². The third-order valence-corrected chi connectivity index (χ3v) is 4.11. The van der Waals surface area contributed by atoms with E-state index in [1.165, 1.54) is 0 Å². The van der Waals surface area contributed by atoms with E-state index in [-0.39, 0.29) is 5.91 Å². The van der Waals surface area contributed by atoms with Crippen molar-refractivity contribution in [2.24, 2.45) is 7.05 Å². The van der Waals surface area contributed by atoms with Gasteiger partial charge in [-0.05, 0) is 35.0 Å². The first-order valence-corrected chi connectivity index (χ1v) is 7.25. The van der Waals surface area contributed by atoms with Crippen LogP contribution in [-0.2, 0) is 7.05 Å². The molecular formula is C14H14BrN3O3. The monoisotopic (exact) mass is 351 g/mol. The average molecular weight is 352 g/mol. The number of carbonyl (C=O) groups excluding carboxylic acids is 1. The van der Waals surface area contributed by atoms with E-state index in [1.54, 1.807) is 29.9 Å². The Balaban J connectivity index is 1.84. The number of nitrogens with zero attached hydrogens (tertiary/aromatic N) is 2. The third kappa shape index (κ3) is 2.61. The number of fused-ring (bicyclic) bond motifs is 1. The third-order valence-electron chi connectivity index (χ3n) is 3.16. The van der Waals surface area contributed by atoms with Crippen molar-refractivity contribution in [2.75, 3.05) is 18.5 Å². The molecule has 1 aromatic heterocycles. The van der Waals surface area contributed by atoms with E-state index in [2.05, 4.69) is 26.3 Å². The highest BCUT2D eigenvalue weighted by Gasteiger charge is 2.19. The van der Waals surface area contributed by atoms with E-state index in [0.29, 0.717) is 40.6 Å². The summed E-state index contributed by atoms with van der Waals surface area (Å²) in [6.45, 7) is 2.89. The van der Waals surface area contributed by atoms with Gasteiger partial charge < -0.3 is 14.8 Å². The first-order valence-electron chi connectivity index (χ1n) is 6.46. The van der Waals surface area contributed by atoms with Crippen molar-refractivity contribution >= 4 is 27.5 Å². The molecule has 110 valence electrons. The number of nitrogens with one attached hydrogen (secondary N) is 1. The fourth-order valence-corrected chi connectivity index (χ4v) is 2.71. The summed E-state index contributed by atoms with van der Waals surface area (Å²) in [5.41, 5.74) is 1.89. The number of carbonyl (C=O) groups is 1. The lowest BCUT2D eigenvalue weighted by Gasteiger charge is -2.19. The standard InChI is InChI=1S/C14H14BrN3O3/c1-8-12(15)13(18(2)17-8)14(19)16-9-3-4-10-11(7-9)21-6-5-20-10/h3-4,7H,5-6H2,1-2H3,(H,16,19). The number of hydrogen-bond acceptors (Lipinski definition) is 4. The molecule has 0 spiro atoms. The lowest BCUT2D eigenvalue weighted by molar-refractivity contribution is 0.101. The second kappa shape index (κ2) is 5.40. The highest BCUT2D eigenvalue weighted by atomic mass is 79.9. The van der Waals surface area contributed by atoms with Gasteiger partial charge in [0.25, 0.3) is 5.91 Å². The van der Waals surface area contributed by atoms with Crippen LogP contribution in [0.5, 0.6) is 11.5 Å². The Hall–Kier alpha value is -2.02. The molecular weight excluding hydrogens is 338 g/mol. The van der Waals surface area contributed by atoms with Crippen LogP contribution >= 0.6 is 15.9 Å². The Morgan fingerprint density at radius 2 is 2.05 bits per heavy atom. The summed E-state index contributed by atoms with van der Waals surface area (Å²) in [6, 6.07) is 5.32. The van der Waals surface area contributed by atoms with Gasteiger partial charge in [-0.2, -0.15) is 5.10 Å². The van der Waals surface area contributed by atoms with Crippen molar-refractivity contribution in [1.82, 2.24) is 9.78 Å². The predicted molar refractivity (Wildman–Crippen MR) is 81.0 cm³/mol. The zero-order valence-corrected chi connectivity index (χ0v) is 13.2. The molecule has 2 aromatic rings. The van der Waals surface area contributed by atoms with Crippen LogP contribution in [0.25, 0.3) is 0 Å². The van der Waals surface area contributed by atoms with E-state index in [0.717, 1.165) is 5.69 Å². The highest BCUT2D eigenvalue weighted by Crippen LogP contribution is 2.33. The summed E-state index contributed by atoms with van der Waals surface area (Å²) in [6.07, 6.45) is 0. The zero-order valence-electron chi connectivity index (χ0n) is 11.6. The molecule has 1 amide bonds. The van der Waals surface area contributed by atoms with Gasteiger partial charge in [-0.15, -0.1) is 0 Å². The van der Waals surface area contributed by atoms with Gasteiger partial charge in [0, 0.05) is 18.8 Å². The summed E-state index contributed by atoms with van der Waals surface area (Å²) in [4.78, 5) is 12.4. The van der Waals surface area contributed by atoms with Gasteiger partial charge in [-0.1, -0.05) is 0 Å². The molecule has 21 heavy (non-hydrogen) atoms. The van der Waals surface area contributed by atoms with Crippen LogP contribution in [0, 0.1) is 6.92 Å². The number of rotatable bonds is 2. The van der Waals surface area contributed by atoms with Crippen molar-refractivity contribution in [1.29, 1.82) is 0 Å². The molecule has 3 rings (SSSR count). The second-order valence-electron chi connectivity index (χ2n) is 4.68. The average Bonchev–Trinajstić information content (AvgIpc) is 2.72. The van der Waals surface area contributed by atoms with Crippen LogP contribution in [0.4, 0.5) is 5.69 Å². The van der Waals surface area contributed by atoms with Crippen LogP contribution in [0.3, 0.4) is 0 Å². The first-order chi connectivity index (χ1) is 10.1. The highest BCUT2D eigenvalue weighted by molar-refractivity contribution is 9.10. The van der Waals surface area contributed by atoms with Crippen molar-refractivity contribution in [2.45, 2.75) is 6.92 Å². The molecule has 1 aliphatic heterocycles. The fraction of sp³-hybridized carbons (Fsp3) is 0.286. The maximum Gasteiger partial charge on any atom is 0.275 e. The van der Waals surface area contributed by atoms with Gasteiger partial charge in [-0.3, -0.25) is 9.48 Å². The Labute approximate surface area is 130 Å². The molecule has 0 atom stereocenters. The van der Waals surface area contributed by atoms with Gasteiger partial charge in [0.05, 0.1) is 10.2 Å². The van der Waals surface area contributed by atoms with E-state index >= 15 is 0 Å². The minimum atomic E-state index is -0.235. The van der Waals surface area contributed by atoms with Gasteiger partial charge in [0.15, 0.2) is 11.5 Å². The molecule has 0 saturated carbocycles. The minimum absolute atomic E-state index is 0.235. The Morgan fingerprint density at radius 1 is 1.33 bits per heavy atom. The lowest BCUT2D eigenvalue weighted by atomic mass is 10.2. The Bertz CT molecular complexity index is 712. The van der Waals surface area contributed by atoms with E-state index in [4.69, 9.17) is 9.47 Å². The van der Waals surface area contributed by atoms with Crippen LogP contribution < -0.4 is 14.8 Å². The summed E-state index contributed by atoms with van der Waals surface area (Å²) in [5, 5.41) is 7.05. The minimum Gasteiger partial charge on any atom is -0.486 e. The zero-order chi connectivity index (χ0) is 15.0.